The lowest BCUT2D eigenvalue weighted by Crippen LogP contribution is -2.29. The maximum Gasteiger partial charge on any atom is 0.418 e. The van der Waals surface area contributed by atoms with Crippen LogP contribution in [0.25, 0.3) is 0 Å². The maximum absolute atomic E-state index is 13.1. The topological polar surface area (TPSA) is 75.4 Å². The van der Waals surface area contributed by atoms with Crippen LogP contribution in [-0.2, 0) is 15.8 Å². The second-order valence-electron chi connectivity index (χ2n) is 5.73. The third-order valence-electron chi connectivity index (χ3n) is 3.88. The molecule has 0 radical (unpaired) electrons. The quantitative estimate of drug-likeness (QED) is 0.920. The van der Waals surface area contributed by atoms with Gasteiger partial charge in [0.05, 0.1) is 17.2 Å². The molecule has 1 aliphatic rings. The second-order valence-corrected chi connectivity index (χ2v) is 5.73. The van der Waals surface area contributed by atoms with Crippen LogP contribution in [0.5, 0.6) is 0 Å². The first-order valence-electron chi connectivity index (χ1n) is 7.46. The molecule has 1 unspecified atom stereocenters. The van der Waals surface area contributed by atoms with E-state index in [1.54, 1.807) is 6.92 Å². The van der Waals surface area contributed by atoms with E-state index >= 15 is 0 Å². The zero-order valence-electron chi connectivity index (χ0n) is 13.1. The van der Waals surface area contributed by atoms with Gasteiger partial charge in [-0.3, -0.25) is 9.59 Å². The standard InChI is InChI=1S/C16H14F3N3O3/c1-9-6-13(21-25-9)20-15(24)10-7-14(23)22(8-10)12-5-3-2-4-11(12)16(17,18)19/h2-6,10H,7-8H2,1H3,(H,20,21,24). The van der Waals surface area contributed by atoms with Crippen molar-refractivity contribution in [3.63, 3.8) is 0 Å². The number of nitrogens with zero attached hydrogens (tertiary/aromatic N) is 2. The first-order valence-corrected chi connectivity index (χ1v) is 7.46. The molecular weight excluding hydrogens is 339 g/mol. The summed E-state index contributed by atoms with van der Waals surface area (Å²) in [5.41, 5.74) is -1.15. The highest BCUT2D eigenvalue weighted by molar-refractivity contribution is 6.03. The highest BCUT2D eigenvalue weighted by atomic mass is 19.4. The molecule has 0 saturated carbocycles. The van der Waals surface area contributed by atoms with Gasteiger partial charge in [-0.25, -0.2) is 0 Å². The number of alkyl halides is 3. The Labute approximate surface area is 140 Å². The summed E-state index contributed by atoms with van der Waals surface area (Å²) in [6.45, 7) is 1.52. The van der Waals surface area contributed by atoms with Crippen molar-refractivity contribution in [3.8, 4) is 0 Å². The fraction of sp³-hybridized carbons (Fsp3) is 0.312. The van der Waals surface area contributed by atoms with E-state index in [9.17, 15) is 22.8 Å². The number of amides is 2. The van der Waals surface area contributed by atoms with Crippen LogP contribution in [0.2, 0.25) is 0 Å². The molecule has 1 aromatic carbocycles. The molecule has 132 valence electrons. The Kier molecular flexibility index (Phi) is 4.23. The number of benzene rings is 1. The van der Waals surface area contributed by atoms with E-state index < -0.39 is 29.5 Å². The minimum absolute atomic E-state index is 0.130. The summed E-state index contributed by atoms with van der Waals surface area (Å²) in [5, 5.41) is 6.11. The molecule has 3 rings (SSSR count). The van der Waals surface area contributed by atoms with Crippen molar-refractivity contribution < 1.29 is 27.3 Å². The number of aromatic nitrogens is 1. The van der Waals surface area contributed by atoms with Gasteiger partial charge in [-0.15, -0.1) is 0 Å². The van der Waals surface area contributed by atoms with Crippen LogP contribution in [-0.4, -0.2) is 23.5 Å². The van der Waals surface area contributed by atoms with Crippen LogP contribution in [0, 0.1) is 12.8 Å². The first-order chi connectivity index (χ1) is 11.8. The molecule has 1 aliphatic heterocycles. The highest BCUT2D eigenvalue weighted by Crippen LogP contribution is 2.38. The van der Waals surface area contributed by atoms with Gasteiger partial charge in [0.15, 0.2) is 5.82 Å². The van der Waals surface area contributed by atoms with E-state index in [1.165, 1.54) is 24.3 Å². The summed E-state index contributed by atoms with van der Waals surface area (Å²) in [6.07, 6.45) is -4.76. The van der Waals surface area contributed by atoms with Crippen LogP contribution >= 0.6 is 0 Å². The van der Waals surface area contributed by atoms with Crippen LogP contribution in [0.15, 0.2) is 34.9 Å². The maximum atomic E-state index is 13.1. The largest absolute Gasteiger partial charge is 0.418 e. The fourth-order valence-electron chi connectivity index (χ4n) is 2.72. The van der Waals surface area contributed by atoms with Crippen molar-refractivity contribution in [2.45, 2.75) is 19.5 Å². The van der Waals surface area contributed by atoms with Gasteiger partial charge in [0.1, 0.15) is 5.76 Å². The zero-order valence-corrected chi connectivity index (χ0v) is 13.1. The number of nitrogens with one attached hydrogen (secondary N) is 1. The summed E-state index contributed by atoms with van der Waals surface area (Å²) in [6, 6.07) is 6.31. The Balaban J connectivity index is 1.78. The first kappa shape index (κ1) is 17.0. The molecule has 1 aromatic heterocycles. The third kappa shape index (κ3) is 3.49. The van der Waals surface area contributed by atoms with Gasteiger partial charge < -0.3 is 14.7 Å². The number of hydrogen-bond acceptors (Lipinski definition) is 4. The molecule has 1 saturated heterocycles. The number of carbonyl (C=O) groups excluding carboxylic acids is 2. The molecule has 1 N–H and O–H groups in total. The summed E-state index contributed by atoms with van der Waals surface area (Å²) < 4.78 is 44.2. The highest BCUT2D eigenvalue weighted by Gasteiger charge is 2.40. The van der Waals surface area contributed by atoms with Gasteiger partial charge in [-0.2, -0.15) is 13.2 Å². The normalized spacial score (nSPS) is 17.8. The number of carbonyl (C=O) groups is 2. The molecule has 2 heterocycles. The van der Waals surface area contributed by atoms with Crippen molar-refractivity contribution in [1.29, 1.82) is 0 Å². The molecular formula is C16H14F3N3O3. The molecule has 2 amide bonds. The molecule has 6 nitrogen and oxygen atoms in total. The van der Waals surface area contributed by atoms with E-state index in [1.807, 2.05) is 0 Å². The van der Waals surface area contributed by atoms with Crippen molar-refractivity contribution in [2.24, 2.45) is 5.92 Å². The molecule has 25 heavy (non-hydrogen) atoms. The predicted octanol–water partition coefficient (Wildman–Crippen LogP) is 2.99. The Morgan fingerprint density at radius 3 is 2.72 bits per heavy atom. The average molecular weight is 353 g/mol. The Bertz CT molecular complexity index is 816. The molecule has 0 spiro atoms. The minimum Gasteiger partial charge on any atom is -0.360 e. The molecule has 0 aliphatic carbocycles. The molecule has 0 bridgehead atoms. The molecule has 9 heteroatoms. The van der Waals surface area contributed by atoms with E-state index in [-0.39, 0.29) is 24.5 Å². The van der Waals surface area contributed by atoms with Gasteiger partial charge >= 0.3 is 6.18 Å². The lowest BCUT2D eigenvalue weighted by atomic mass is 10.1. The number of hydrogen-bond donors (Lipinski definition) is 1. The van der Waals surface area contributed by atoms with Crippen LogP contribution in [0.3, 0.4) is 0 Å². The van der Waals surface area contributed by atoms with Gasteiger partial charge in [-0.1, -0.05) is 17.3 Å². The van der Waals surface area contributed by atoms with Gasteiger partial charge in [0.2, 0.25) is 11.8 Å². The monoisotopic (exact) mass is 353 g/mol. The third-order valence-corrected chi connectivity index (χ3v) is 3.88. The van der Waals surface area contributed by atoms with E-state index in [0.29, 0.717) is 5.76 Å². The second kappa shape index (κ2) is 6.23. The minimum atomic E-state index is -4.59. The number of rotatable bonds is 3. The number of anilines is 2. The van der Waals surface area contributed by atoms with E-state index in [0.717, 1.165) is 11.0 Å². The Hall–Kier alpha value is -2.84. The van der Waals surface area contributed by atoms with Crippen molar-refractivity contribution in [1.82, 2.24) is 5.16 Å². The predicted molar refractivity (Wildman–Crippen MR) is 81.8 cm³/mol. The van der Waals surface area contributed by atoms with E-state index in [2.05, 4.69) is 10.5 Å². The molecule has 2 aromatic rings. The Morgan fingerprint density at radius 1 is 1.36 bits per heavy atom. The van der Waals surface area contributed by atoms with Crippen LogP contribution < -0.4 is 10.2 Å². The van der Waals surface area contributed by atoms with Crippen LogP contribution in [0.1, 0.15) is 17.7 Å². The van der Waals surface area contributed by atoms with Gasteiger partial charge in [0, 0.05) is 19.0 Å². The number of para-hydroxylation sites is 1. The van der Waals surface area contributed by atoms with Crippen LogP contribution in [0.4, 0.5) is 24.7 Å². The Morgan fingerprint density at radius 2 is 2.08 bits per heavy atom. The summed E-state index contributed by atoms with van der Waals surface area (Å²) >= 11 is 0. The number of halogens is 3. The lowest BCUT2D eigenvalue weighted by molar-refractivity contribution is -0.137. The smallest absolute Gasteiger partial charge is 0.360 e. The molecule has 1 fully saturated rings. The van der Waals surface area contributed by atoms with Crippen molar-refractivity contribution in [3.05, 3.63) is 41.7 Å². The van der Waals surface area contributed by atoms with Gasteiger partial charge in [-0.05, 0) is 19.1 Å². The molecule has 1 atom stereocenters. The van der Waals surface area contributed by atoms with Crippen molar-refractivity contribution >= 4 is 23.3 Å². The summed E-state index contributed by atoms with van der Waals surface area (Å²) in [7, 11) is 0. The van der Waals surface area contributed by atoms with E-state index in [4.69, 9.17) is 4.52 Å². The van der Waals surface area contributed by atoms with Crippen molar-refractivity contribution in [2.75, 3.05) is 16.8 Å². The summed E-state index contributed by atoms with van der Waals surface area (Å²) in [4.78, 5) is 25.4. The van der Waals surface area contributed by atoms with Gasteiger partial charge in [0.25, 0.3) is 0 Å². The number of aryl methyl sites for hydroxylation is 1. The fourth-order valence-corrected chi connectivity index (χ4v) is 2.72. The SMILES string of the molecule is Cc1cc(NC(=O)C2CC(=O)N(c3ccccc3C(F)(F)F)C2)no1. The zero-order chi connectivity index (χ0) is 18.2. The lowest BCUT2D eigenvalue weighted by Gasteiger charge is -2.21. The summed E-state index contributed by atoms with van der Waals surface area (Å²) in [5.74, 6) is -1.10. The average Bonchev–Trinajstić information content (AvgIpc) is 3.12.